The number of carbonyl (C=O) groups is 1. The van der Waals surface area contributed by atoms with E-state index in [0.717, 1.165) is 22.6 Å². The van der Waals surface area contributed by atoms with Crippen LogP contribution in [0.25, 0.3) is 0 Å². The third-order valence-corrected chi connectivity index (χ3v) is 2.86. The van der Waals surface area contributed by atoms with Crippen molar-refractivity contribution in [3.63, 3.8) is 0 Å². The molecule has 1 aromatic rings. The van der Waals surface area contributed by atoms with Crippen LogP contribution in [0.15, 0.2) is 12.1 Å². The molecule has 0 bridgehead atoms. The maximum atomic E-state index is 11.2. The molecule has 2 aliphatic heterocycles. The van der Waals surface area contributed by atoms with Crippen molar-refractivity contribution in [1.29, 1.82) is 0 Å². The number of ether oxygens (including phenoxy) is 2. The monoisotopic (exact) mass is 205 g/mol. The standard InChI is InChI=1S/C11H11NO3/c1-7(13)12-4-8-2-10-11(15-6-14-10)3-9(8)5-12/h2-3H,4-6H2,1H3. The zero-order valence-corrected chi connectivity index (χ0v) is 8.45. The van der Waals surface area contributed by atoms with Gasteiger partial charge in [-0.3, -0.25) is 4.79 Å². The Morgan fingerprint density at radius 3 is 2.20 bits per heavy atom. The summed E-state index contributed by atoms with van der Waals surface area (Å²) in [5, 5.41) is 0. The van der Waals surface area contributed by atoms with Gasteiger partial charge in [-0.25, -0.2) is 0 Å². The van der Waals surface area contributed by atoms with Gasteiger partial charge in [-0.1, -0.05) is 0 Å². The van der Waals surface area contributed by atoms with E-state index in [1.54, 1.807) is 11.8 Å². The predicted octanol–water partition coefficient (Wildman–Crippen LogP) is 1.28. The molecular formula is C11H11NO3. The van der Waals surface area contributed by atoms with Crippen LogP contribution in [0.3, 0.4) is 0 Å². The number of benzene rings is 1. The van der Waals surface area contributed by atoms with Gasteiger partial charge in [0.2, 0.25) is 12.7 Å². The summed E-state index contributed by atoms with van der Waals surface area (Å²) in [6, 6.07) is 3.95. The van der Waals surface area contributed by atoms with Gasteiger partial charge in [-0.2, -0.15) is 0 Å². The SMILES string of the molecule is CC(=O)N1Cc2cc3c(cc2C1)OCO3. The Labute approximate surface area is 87.4 Å². The van der Waals surface area contributed by atoms with E-state index in [4.69, 9.17) is 9.47 Å². The van der Waals surface area contributed by atoms with Crippen molar-refractivity contribution >= 4 is 5.91 Å². The summed E-state index contributed by atoms with van der Waals surface area (Å²) in [7, 11) is 0. The summed E-state index contributed by atoms with van der Waals surface area (Å²) in [6.45, 7) is 3.25. The number of rotatable bonds is 0. The molecule has 0 aliphatic carbocycles. The molecule has 2 aliphatic rings. The summed E-state index contributed by atoms with van der Waals surface area (Å²) in [5.41, 5.74) is 2.32. The van der Waals surface area contributed by atoms with Crippen molar-refractivity contribution in [1.82, 2.24) is 4.90 Å². The highest BCUT2D eigenvalue weighted by Gasteiger charge is 2.25. The Bertz CT molecular complexity index is 409. The zero-order valence-electron chi connectivity index (χ0n) is 8.45. The average molecular weight is 205 g/mol. The lowest BCUT2D eigenvalue weighted by Gasteiger charge is -2.11. The van der Waals surface area contributed by atoms with Crippen molar-refractivity contribution in [3.05, 3.63) is 23.3 Å². The van der Waals surface area contributed by atoms with Gasteiger partial charge in [0.1, 0.15) is 0 Å². The summed E-state index contributed by atoms with van der Waals surface area (Å²) >= 11 is 0. The minimum atomic E-state index is 0.105. The van der Waals surface area contributed by atoms with Crippen molar-refractivity contribution in [2.24, 2.45) is 0 Å². The van der Waals surface area contributed by atoms with E-state index >= 15 is 0 Å². The molecular weight excluding hydrogens is 194 g/mol. The van der Waals surface area contributed by atoms with Crippen molar-refractivity contribution in [3.8, 4) is 11.5 Å². The fourth-order valence-corrected chi connectivity index (χ4v) is 2.01. The number of nitrogens with zero attached hydrogens (tertiary/aromatic N) is 1. The minimum absolute atomic E-state index is 0.105. The Morgan fingerprint density at radius 1 is 1.20 bits per heavy atom. The van der Waals surface area contributed by atoms with E-state index in [2.05, 4.69) is 0 Å². The van der Waals surface area contributed by atoms with E-state index < -0.39 is 0 Å². The molecule has 3 rings (SSSR count). The minimum Gasteiger partial charge on any atom is -0.454 e. The van der Waals surface area contributed by atoms with E-state index in [1.807, 2.05) is 12.1 Å². The number of hydrogen-bond donors (Lipinski definition) is 0. The number of fused-ring (bicyclic) bond motifs is 2. The molecule has 1 aromatic carbocycles. The van der Waals surface area contributed by atoms with Crippen LogP contribution in [0.2, 0.25) is 0 Å². The lowest BCUT2D eigenvalue weighted by atomic mass is 10.1. The van der Waals surface area contributed by atoms with Crippen LogP contribution >= 0.6 is 0 Å². The zero-order chi connectivity index (χ0) is 10.4. The highest BCUT2D eigenvalue weighted by Crippen LogP contribution is 2.37. The number of amides is 1. The highest BCUT2D eigenvalue weighted by atomic mass is 16.7. The lowest BCUT2D eigenvalue weighted by molar-refractivity contribution is -0.129. The van der Waals surface area contributed by atoms with Crippen LogP contribution in [-0.4, -0.2) is 17.6 Å². The fraction of sp³-hybridized carbons (Fsp3) is 0.364. The molecule has 0 saturated carbocycles. The second kappa shape index (κ2) is 2.89. The van der Waals surface area contributed by atoms with Crippen LogP contribution in [0.5, 0.6) is 11.5 Å². The molecule has 0 aromatic heterocycles. The van der Waals surface area contributed by atoms with Gasteiger partial charge in [0, 0.05) is 20.0 Å². The smallest absolute Gasteiger partial charge is 0.231 e. The largest absolute Gasteiger partial charge is 0.454 e. The second-order valence-corrected chi connectivity index (χ2v) is 3.85. The summed E-state index contributed by atoms with van der Waals surface area (Å²) in [6.07, 6.45) is 0. The van der Waals surface area contributed by atoms with Crippen molar-refractivity contribution < 1.29 is 14.3 Å². The molecule has 0 radical (unpaired) electrons. The van der Waals surface area contributed by atoms with Crippen LogP contribution < -0.4 is 9.47 Å². The molecule has 0 atom stereocenters. The maximum Gasteiger partial charge on any atom is 0.231 e. The Hall–Kier alpha value is -1.71. The molecule has 4 heteroatoms. The first-order valence-corrected chi connectivity index (χ1v) is 4.91. The molecule has 0 unspecified atom stereocenters. The second-order valence-electron chi connectivity index (χ2n) is 3.85. The van der Waals surface area contributed by atoms with Gasteiger partial charge >= 0.3 is 0 Å². The molecule has 0 fully saturated rings. The van der Waals surface area contributed by atoms with Crippen molar-refractivity contribution in [2.75, 3.05) is 6.79 Å². The van der Waals surface area contributed by atoms with Crippen molar-refractivity contribution in [2.45, 2.75) is 20.0 Å². The van der Waals surface area contributed by atoms with E-state index in [-0.39, 0.29) is 5.91 Å². The number of hydrogen-bond acceptors (Lipinski definition) is 3. The maximum absolute atomic E-state index is 11.2. The van der Waals surface area contributed by atoms with E-state index in [1.165, 1.54) is 0 Å². The predicted molar refractivity (Wildman–Crippen MR) is 52.5 cm³/mol. The Balaban J connectivity index is 1.98. The van der Waals surface area contributed by atoms with Crippen LogP contribution in [0.4, 0.5) is 0 Å². The van der Waals surface area contributed by atoms with Crippen LogP contribution in [-0.2, 0) is 17.9 Å². The first kappa shape index (κ1) is 8.59. The van der Waals surface area contributed by atoms with E-state index in [0.29, 0.717) is 19.9 Å². The third-order valence-electron chi connectivity index (χ3n) is 2.86. The molecule has 78 valence electrons. The van der Waals surface area contributed by atoms with Gasteiger partial charge in [0.25, 0.3) is 0 Å². The quantitative estimate of drug-likeness (QED) is 0.640. The van der Waals surface area contributed by atoms with Gasteiger partial charge in [-0.15, -0.1) is 0 Å². The molecule has 0 spiro atoms. The van der Waals surface area contributed by atoms with E-state index in [9.17, 15) is 4.79 Å². The Kier molecular flexibility index (Phi) is 1.65. The van der Waals surface area contributed by atoms with Crippen LogP contribution in [0, 0.1) is 0 Å². The highest BCUT2D eigenvalue weighted by molar-refractivity contribution is 5.74. The molecule has 2 heterocycles. The van der Waals surface area contributed by atoms with Gasteiger partial charge in [-0.05, 0) is 23.3 Å². The fourth-order valence-electron chi connectivity index (χ4n) is 2.01. The summed E-state index contributed by atoms with van der Waals surface area (Å²) in [4.78, 5) is 13.0. The normalized spacial score (nSPS) is 16.7. The van der Waals surface area contributed by atoms with Gasteiger partial charge in [0.05, 0.1) is 0 Å². The first-order chi connectivity index (χ1) is 7.24. The Morgan fingerprint density at radius 2 is 1.73 bits per heavy atom. The topological polar surface area (TPSA) is 38.8 Å². The summed E-state index contributed by atoms with van der Waals surface area (Å²) in [5.74, 6) is 1.69. The lowest BCUT2D eigenvalue weighted by Crippen LogP contribution is -2.21. The molecule has 0 saturated heterocycles. The molecule has 1 amide bonds. The van der Waals surface area contributed by atoms with Gasteiger partial charge < -0.3 is 14.4 Å². The summed E-state index contributed by atoms with van der Waals surface area (Å²) < 4.78 is 10.6. The van der Waals surface area contributed by atoms with Gasteiger partial charge in [0.15, 0.2) is 11.5 Å². The number of carbonyl (C=O) groups excluding carboxylic acids is 1. The molecule has 0 N–H and O–H groups in total. The molecule has 15 heavy (non-hydrogen) atoms. The molecule has 4 nitrogen and oxygen atoms in total. The first-order valence-electron chi connectivity index (χ1n) is 4.91. The average Bonchev–Trinajstić information content (AvgIpc) is 2.77. The van der Waals surface area contributed by atoms with Crippen LogP contribution in [0.1, 0.15) is 18.1 Å². The third kappa shape index (κ3) is 1.25.